The van der Waals surface area contributed by atoms with Crippen LogP contribution in [-0.4, -0.2) is 25.2 Å². The van der Waals surface area contributed by atoms with Crippen LogP contribution in [0.1, 0.15) is 22.1 Å². The summed E-state index contributed by atoms with van der Waals surface area (Å²) < 4.78 is 5.13. The predicted octanol–water partition coefficient (Wildman–Crippen LogP) is 2.28. The van der Waals surface area contributed by atoms with E-state index < -0.39 is 0 Å². The van der Waals surface area contributed by atoms with E-state index >= 15 is 0 Å². The predicted molar refractivity (Wildman–Crippen MR) is 79.7 cm³/mol. The molecule has 1 aliphatic rings. The molecule has 21 heavy (non-hydrogen) atoms. The second kappa shape index (κ2) is 5.01. The molecular weight excluding hydrogens is 268 g/mol. The van der Waals surface area contributed by atoms with Crippen molar-refractivity contribution in [3.63, 3.8) is 0 Å². The van der Waals surface area contributed by atoms with Gasteiger partial charge in [0, 0.05) is 7.05 Å². The number of carbonyl (C=O) groups excluding carboxylic acids is 1. The number of aromatic hydroxyl groups is 1. The van der Waals surface area contributed by atoms with Crippen molar-refractivity contribution in [2.75, 3.05) is 19.1 Å². The molecule has 0 saturated heterocycles. The SMILES string of the molecule is COc1cc([C@@H]2NC(=O)c3ccccc3N2C)ccc1O. The van der Waals surface area contributed by atoms with Crippen LogP contribution in [0.25, 0.3) is 0 Å². The van der Waals surface area contributed by atoms with Crippen molar-refractivity contribution < 1.29 is 14.6 Å². The fourth-order valence-electron chi connectivity index (χ4n) is 2.58. The lowest BCUT2D eigenvalue weighted by Gasteiger charge is -2.36. The first-order chi connectivity index (χ1) is 10.1. The number of fused-ring (bicyclic) bond motifs is 1. The maximum atomic E-state index is 12.2. The number of anilines is 1. The zero-order chi connectivity index (χ0) is 15.0. The van der Waals surface area contributed by atoms with Gasteiger partial charge >= 0.3 is 0 Å². The minimum atomic E-state index is -0.304. The van der Waals surface area contributed by atoms with Gasteiger partial charge in [-0.1, -0.05) is 18.2 Å². The van der Waals surface area contributed by atoms with Crippen LogP contribution >= 0.6 is 0 Å². The van der Waals surface area contributed by atoms with Gasteiger partial charge in [-0.15, -0.1) is 0 Å². The van der Waals surface area contributed by atoms with Crippen LogP contribution in [0.2, 0.25) is 0 Å². The summed E-state index contributed by atoms with van der Waals surface area (Å²) in [5.41, 5.74) is 2.37. The lowest BCUT2D eigenvalue weighted by molar-refractivity contribution is 0.0928. The van der Waals surface area contributed by atoms with Crippen LogP contribution in [0, 0.1) is 0 Å². The Balaban J connectivity index is 2.03. The number of amides is 1. The third-order valence-corrected chi connectivity index (χ3v) is 3.70. The van der Waals surface area contributed by atoms with Crippen LogP contribution in [0.5, 0.6) is 11.5 Å². The summed E-state index contributed by atoms with van der Waals surface area (Å²) in [5, 5.41) is 12.6. The summed E-state index contributed by atoms with van der Waals surface area (Å²) in [4.78, 5) is 14.2. The highest BCUT2D eigenvalue weighted by molar-refractivity contribution is 6.02. The fourth-order valence-corrected chi connectivity index (χ4v) is 2.58. The summed E-state index contributed by atoms with van der Waals surface area (Å²) >= 11 is 0. The Bertz CT molecular complexity index is 700. The van der Waals surface area contributed by atoms with Gasteiger partial charge in [-0.05, 0) is 29.8 Å². The minimum Gasteiger partial charge on any atom is -0.504 e. The van der Waals surface area contributed by atoms with Gasteiger partial charge in [0.2, 0.25) is 0 Å². The molecule has 5 heteroatoms. The molecule has 3 rings (SSSR count). The van der Waals surface area contributed by atoms with E-state index in [1.54, 1.807) is 24.3 Å². The van der Waals surface area contributed by atoms with Crippen molar-refractivity contribution >= 4 is 11.6 Å². The summed E-state index contributed by atoms with van der Waals surface area (Å²) in [7, 11) is 3.42. The molecule has 0 spiro atoms. The second-order valence-corrected chi connectivity index (χ2v) is 4.94. The van der Waals surface area contributed by atoms with Gasteiger partial charge in [0.05, 0.1) is 18.4 Å². The van der Waals surface area contributed by atoms with E-state index in [0.29, 0.717) is 11.3 Å². The standard InChI is InChI=1S/C16H16N2O3/c1-18-12-6-4-3-5-11(12)16(20)17-15(18)10-7-8-13(19)14(9-10)21-2/h3-9,15,19H,1-2H3,(H,17,20)/t15-/m1/s1. The van der Waals surface area contributed by atoms with Crippen molar-refractivity contribution in [1.29, 1.82) is 0 Å². The fraction of sp³-hybridized carbons (Fsp3) is 0.188. The van der Waals surface area contributed by atoms with Gasteiger partial charge < -0.3 is 20.1 Å². The first-order valence-electron chi connectivity index (χ1n) is 6.61. The number of benzene rings is 2. The Morgan fingerprint density at radius 3 is 2.76 bits per heavy atom. The molecule has 0 bridgehead atoms. The molecular formula is C16H16N2O3. The Morgan fingerprint density at radius 2 is 2.00 bits per heavy atom. The van der Waals surface area contributed by atoms with Gasteiger partial charge in [-0.2, -0.15) is 0 Å². The van der Waals surface area contributed by atoms with E-state index in [9.17, 15) is 9.90 Å². The van der Waals surface area contributed by atoms with Gasteiger partial charge in [-0.3, -0.25) is 4.79 Å². The van der Waals surface area contributed by atoms with Crippen molar-refractivity contribution in [3.8, 4) is 11.5 Å². The number of rotatable bonds is 2. The maximum Gasteiger partial charge on any atom is 0.255 e. The third-order valence-electron chi connectivity index (χ3n) is 3.70. The van der Waals surface area contributed by atoms with Crippen LogP contribution in [-0.2, 0) is 0 Å². The lowest BCUT2D eigenvalue weighted by atomic mass is 10.0. The summed E-state index contributed by atoms with van der Waals surface area (Å²) in [6, 6.07) is 12.5. The number of hydrogen-bond donors (Lipinski definition) is 2. The van der Waals surface area contributed by atoms with Crippen LogP contribution < -0.4 is 15.0 Å². The van der Waals surface area contributed by atoms with E-state index in [-0.39, 0.29) is 17.8 Å². The molecule has 2 aromatic rings. The van der Waals surface area contributed by atoms with Gasteiger partial charge in [-0.25, -0.2) is 0 Å². The largest absolute Gasteiger partial charge is 0.504 e. The number of nitrogens with zero attached hydrogens (tertiary/aromatic N) is 1. The molecule has 2 aromatic carbocycles. The van der Waals surface area contributed by atoms with E-state index in [1.807, 2.05) is 30.1 Å². The Morgan fingerprint density at radius 1 is 1.24 bits per heavy atom. The molecule has 5 nitrogen and oxygen atoms in total. The van der Waals surface area contributed by atoms with Crippen molar-refractivity contribution in [1.82, 2.24) is 5.32 Å². The average molecular weight is 284 g/mol. The molecule has 0 saturated carbocycles. The van der Waals surface area contributed by atoms with Crippen LogP contribution in [0.3, 0.4) is 0 Å². The number of hydrogen-bond acceptors (Lipinski definition) is 4. The Labute approximate surface area is 122 Å². The quantitative estimate of drug-likeness (QED) is 0.888. The molecule has 0 unspecified atom stereocenters. The number of phenols is 1. The molecule has 1 atom stereocenters. The zero-order valence-electron chi connectivity index (χ0n) is 11.8. The molecule has 1 aliphatic heterocycles. The van der Waals surface area contributed by atoms with Crippen LogP contribution in [0.4, 0.5) is 5.69 Å². The van der Waals surface area contributed by atoms with Crippen LogP contribution in [0.15, 0.2) is 42.5 Å². The number of nitrogens with one attached hydrogen (secondary N) is 1. The zero-order valence-corrected chi connectivity index (χ0v) is 11.8. The molecule has 2 N–H and O–H groups in total. The molecule has 0 aliphatic carbocycles. The van der Waals surface area contributed by atoms with E-state index in [2.05, 4.69) is 5.32 Å². The van der Waals surface area contributed by atoms with Gasteiger partial charge in [0.1, 0.15) is 6.17 Å². The van der Waals surface area contributed by atoms with E-state index in [1.165, 1.54) is 7.11 Å². The lowest BCUT2D eigenvalue weighted by Crippen LogP contribution is -2.44. The normalized spacial score (nSPS) is 17.1. The topological polar surface area (TPSA) is 61.8 Å². The number of carbonyl (C=O) groups is 1. The molecule has 0 aromatic heterocycles. The summed E-state index contributed by atoms with van der Waals surface area (Å²) in [5.74, 6) is 0.348. The molecule has 1 amide bonds. The first kappa shape index (κ1) is 13.3. The highest BCUT2D eigenvalue weighted by Crippen LogP contribution is 2.34. The van der Waals surface area contributed by atoms with E-state index in [4.69, 9.17) is 4.74 Å². The number of para-hydroxylation sites is 1. The second-order valence-electron chi connectivity index (χ2n) is 4.94. The van der Waals surface area contributed by atoms with Crippen molar-refractivity contribution in [2.45, 2.75) is 6.17 Å². The molecule has 108 valence electrons. The summed E-state index contributed by atoms with van der Waals surface area (Å²) in [6.07, 6.45) is -0.304. The van der Waals surface area contributed by atoms with Gasteiger partial charge in [0.25, 0.3) is 5.91 Å². The highest BCUT2D eigenvalue weighted by atomic mass is 16.5. The summed E-state index contributed by atoms with van der Waals surface area (Å²) in [6.45, 7) is 0. The number of ether oxygens (including phenoxy) is 1. The monoisotopic (exact) mass is 284 g/mol. The first-order valence-corrected chi connectivity index (χ1v) is 6.61. The highest BCUT2D eigenvalue weighted by Gasteiger charge is 2.29. The average Bonchev–Trinajstić information content (AvgIpc) is 2.51. The Kier molecular flexibility index (Phi) is 3.17. The van der Waals surface area contributed by atoms with Crippen molar-refractivity contribution in [3.05, 3.63) is 53.6 Å². The number of methoxy groups -OCH3 is 1. The minimum absolute atomic E-state index is 0.0754. The molecule has 0 fully saturated rings. The maximum absolute atomic E-state index is 12.2. The molecule has 0 radical (unpaired) electrons. The Hall–Kier alpha value is -2.69. The van der Waals surface area contributed by atoms with E-state index in [0.717, 1.165) is 11.3 Å². The third kappa shape index (κ3) is 2.16. The number of phenolic OH excluding ortho intramolecular Hbond substituents is 1. The van der Waals surface area contributed by atoms with Crippen molar-refractivity contribution in [2.24, 2.45) is 0 Å². The smallest absolute Gasteiger partial charge is 0.255 e. The van der Waals surface area contributed by atoms with Gasteiger partial charge in [0.15, 0.2) is 11.5 Å². The molecule has 1 heterocycles.